The highest BCUT2D eigenvalue weighted by Crippen LogP contribution is 2.38. The van der Waals surface area contributed by atoms with Crippen molar-refractivity contribution in [2.45, 2.75) is 25.7 Å². The second kappa shape index (κ2) is 7.46. The van der Waals surface area contributed by atoms with Crippen LogP contribution in [0.4, 0.5) is 11.5 Å². The number of fused-ring (bicyclic) bond motifs is 2. The number of aryl methyl sites for hydroxylation is 1. The topological polar surface area (TPSA) is 88.6 Å². The molecule has 0 fully saturated rings. The number of ether oxygens (including phenoxy) is 1. The van der Waals surface area contributed by atoms with Crippen LogP contribution in [0.3, 0.4) is 0 Å². The largest absolute Gasteiger partial charge is 0.453 e. The van der Waals surface area contributed by atoms with E-state index in [1.165, 1.54) is 23.1 Å². The molecule has 2 aromatic carbocycles. The zero-order valence-electron chi connectivity index (χ0n) is 16.8. The van der Waals surface area contributed by atoms with Crippen LogP contribution in [0.15, 0.2) is 59.6 Å². The van der Waals surface area contributed by atoms with E-state index in [9.17, 15) is 13.2 Å². The number of amides is 1. The van der Waals surface area contributed by atoms with Gasteiger partial charge in [-0.2, -0.15) is 0 Å². The first kappa shape index (κ1) is 19.9. The van der Waals surface area contributed by atoms with Crippen LogP contribution in [0.1, 0.15) is 28.4 Å². The van der Waals surface area contributed by atoms with Gasteiger partial charge in [0.25, 0.3) is 15.9 Å². The summed E-state index contributed by atoms with van der Waals surface area (Å²) in [6.45, 7) is 5.95. The van der Waals surface area contributed by atoms with E-state index in [1.807, 2.05) is 26.8 Å². The Morgan fingerprint density at radius 1 is 1.07 bits per heavy atom. The van der Waals surface area contributed by atoms with Crippen LogP contribution in [-0.4, -0.2) is 25.9 Å². The Balaban J connectivity index is 1.76. The molecule has 0 spiro atoms. The van der Waals surface area contributed by atoms with Gasteiger partial charge in [-0.15, -0.1) is 0 Å². The van der Waals surface area contributed by atoms with Crippen LogP contribution in [0.5, 0.6) is 11.5 Å². The van der Waals surface area contributed by atoms with Crippen LogP contribution < -0.4 is 14.4 Å². The van der Waals surface area contributed by atoms with E-state index >= 15 is 0 Å². The number of sulfonamides is 1. The van der Waals surface area contributed by atoms with Gasteiger partial charge in [-0.05, 0) is 68.3 Å². The van der Waals surface area contributed by atoms with Crippen molar-refractivity contribution >= 4 is 27.4 Å². The molecule has 1 aromatic heterocycles. The number of aromatic nitrogens is 1. The van der Waals surface area contributed by atoms with E-state index in [0.29, 0.717) is 23.8 Å². The lowest BCUT2D eigenvalue weighted by Crippen LogP contribution is -2.30. The Morgan fingerprint density at radius 3 is 2.63 bits per heavy atom. The quantitative estimate of drug-likeness (QED) is 0.677. The fourth-order valence-electron chi connectivity index (χ4n) is 3.32. The highest BCUT2D eigenvalue weighted by molar-refractivity contribution is 7.92. The molecule has 2 heterocycles. The van der Waals surface area contributed by atoms with Crippen molar-refractivity contribution in [1.82, 2.24) is 4.98 Å². The standard InChI is InChI=1S/C22H21N3O4S/c1-4-25-21-20(9-6-12-23-21)29-19-11-10-16(13-17(19)22(25)26)30(27,28)24-18-8-5-7-14(2)15(18)3/h5-13,24H,4H2,1-3H3. The molecule has 1 aliphatic heterocycles. The van der Waals surface area contributed by atoms with E-state index in [0.717, 1.165) is 11.1 Å². The van der Waals surface area contributed by atoms with Crippen molar-refractivity contribution in [1.29, 1.82) is 0 Å². The molecule has 0 radical (unpaired) electrons. The average Bonchev–Trinajstić information content (AvgIpc) is 2.84. The van der Waals surface area contributed by atoms with Crippen LogP contribution in [-0.2, 0) is 10.0 Å². The molecule has 1 aliphatic rings. The van der Waals surface area contributed by atoms with E-state index in [1.54, 1.807) is 30.5 Å². The summed E-state index contributed by atoms with van der Waals surface area (Å²) < 4.78 is 34.6. The fraction of sp³-hybridized carbons (Fsp3) is 0.182. The van der Waals surface area contributed by atoms with Gasteiger partial charge < -0.3 is 4.74 Å². The van der Waals surface area contributed by atoms with Crippen molar-refractivity contribution in [2.24, 2.45) is 0 Å². The maximum absolute atomic E-state index is 13.2. The van der Waals surface area contributed by atoms with Crippen LogP contribution in [0, 0.1) is 13.8 Å². The maximum Gasteiger partial charge on any atom is 0.263 e. The molecule has 0 aliphatic carbocycles. The summed E-state index contributed by atoms with van der Waals surface area (Å²) in [5.41, 5.74) is 2.48. The van der Waals surface area contributed by atoms with Gasteiger partial charge in [0, 0.05) is 12.7 Å². The Kier molecular flexibility index (Phi) is 4.95. The zero-order valence-corrected chi connectivity index (χ0v) is 17.7. The minimum absolute atomic E-state index is 0.0194. The summed E-state index contributed by atoms with van der Waals surface area (Å²) in [6, 6.07) is 13.1. The van der Waals surface area contributed by atoms with Crippen molar-refractivity contribution < 1.29 is 17.9 Å². The molecule has 4 rings (SSSR count). The number of anilines is 2. The third kappa shape index (κ3) is 3.39. The molecule has 30 heavy (non-hydrogen) atoms. The lowest BCUT2D eigenvalue weighted by atomic mass is 10.1. The lowest BCUT2D eigenvalue weighted by molar-refractivity contribution is 0.0987. The zero-order chi connectivity index (χ0) is 21.5. The minimum atomic E-state index is -3.90. The Hall–Kier alpha value is -3.39. The van der Waals surface area contributed by atoms with Gasteiger partial charge in [0.1, 0.15) is 5.75 Å². The number of carbonyl (C=O) groups is 1. The van der Waals surface area contributed by atoms with E-state index in [4.69, 9.17) is 4.74 Å². The highest BCUT2D eigenvalue weighted by atomic mass is 32.2. The smallest absolute Gasteiger partial charge is 0.263 e. The molecule has 1 amide bonds. The van der Waals surface area contributed by atoms with Gasteiger partial charge in [-0.1, -0.05) is 12.1 Å². The average molecular weight is 423 g/mol. The first-order chi connectivity index (χ1) is 14.3. The number of hydrogen-bond donors (Lipinski definition) is 1. The molecule has 3 aromatic rings. The monoisotopic (exact) mass is 423 g/mol. The number of nitrogens with one attached hydrogen (secondary N) is 1. The molecule has 0 unspecified atom stereocenters. The summed E-state index contributed by atoms with van der Waals surface area (Å²) in [5, 5.41) is 0. The summed E-state index contributed by atoms with van der Waals surface area (Å²) >= 11 is 0. The highest BCUT2D eigenvalue weighted by Gasteiger charge is 2.30. The van der Waals surface area contributed by atoms with E-state index in [2.05, 4.69) is 9.71 Å². The molecule has 8 heteroatoms. The van der Waals surface area contributed by atoms with Gasteiger partial charge in [0.15, 0.2) is 11.6 Å². The van der Waals surface area contributed by atoms with Crippen molar-refractivity contribution in [3.8, 4) is 11.5 Å². The number of carbonyl (C=O) groups excluding carboxylic acids is 1. The molecule has 1 N–H and O–H groups in total. The third-order valence-corrected chi connectivity index (χ3v) is 6.49. The fourth-order valence-corrected chi connectivity index (χ4v) is 4.46. The third-order valence-electron chi connectivity index (χ3n) is 5.13. The molecule has 0 saturated heterocycles. The molecule has 0 saturated carbocycles. The molecule has 7 nitrogen and oxygen atoms in total. The van der Waals surface area contributed by atoms with Crippen molar-refractivity contribution in [3.05, 3.63) is 71.4 Å². The molecule has 154 valence electrons. The normalized spacial score (nSPS) is 13.2. The second-order valence-electron chi connectivity index (χ2n) is 6.99. The first-order valence-corrected chi connectivity index (χ1v) is 11.0. The summed E-state index contributed by atoms with van der Waals surface area (Å²) in [6.07, 6.45) is 1.58. The number of nitrogens with zero attached hydrogens (tertiary/aromatic N) is 2. The van der Waals surface area contributed by atoms with Crippen LogP contribution >= 0.6 is 0 Å². The Morgan fingerprint density at radius 2 is 1.87 bits per heavy atom. The summed E-state index contributed by atoms with van der Waals surface area (Å²) in [4.78, 5) is 18.9. The van der Waals surface area contributed by atoms with E-state index < -0.39 is 10.0 Å². The first-order valence-electron chi connectivity index (χ1n) is 9.49. The lowest BCUT2D eigenvalue weighted by Gasteiger charge is -2.18. The van der Waals surface area contributed by atoms with Crippen molar-refractivity contribution in [3.63, 3.8) is 0 Å². The number of rotatable bonds is 4. The Labute approximate surface area is 175 Å². The van der Waals surface area contributed by atoms with Gasteiger partial charge in [-0.25, -0.2) is 13.4 Å². The van der Waals surface area contributed by atoms with Gasteiger partial charge in [0.2, 0.25) is 0 Å². The predicted molar refractivity (Wildman–Crippen MR) is 115 cm³/mol. The predicted octanol–water partition coefficient (Wildman–Crippen LogP) is 4.27. The van der Waals surface area contributed by atoms with Crippen LogP contribution in [0.2, 0.25) is 0 Å². The summed E-state index contributed by atoms with van der Waals surface area (Å²) in [7, 11) is -3.90. The minimum Gasteiger partial charge on any atom is -0.453 e. The van der Waals surface area contributed by atoms with Gasteiger partial charge in [0.05, 0.1) is 16.1 Å². The van der Waals surface area contributed by atoms with Gasteiger partial charge in [-0.3, -0.25) is 14.4 Å². The number of hydrogen-bond acceptors (Lipinski definition) is 5. The molecular weight excluding hydrogens is 402 g/mol. The second-order valence-corrected chi connectivity index (χ2v) is 8.67. The molecule has 0 atom stereocenters. The van der Waals surface area contributed by atoms with Gasteiger partial charge >= 0.3 is 0 Å². The van der Waals surface area contributed by atoms with Crippen LogP contribution in [0.25, 0.3) is 0 Å². The molecule has 0 bridgehead atoms. The number of pyridine rings is 1. The maximum atomic E-state index is 13.2. The number of benzene rings is 2. The summed E-state index contributed by atoms with van der Waals surface area (Å²) in [5.74, 6) is 0.763. The SMILES string of the molecule is CCN1C(=O)c2cc(S(=O)(=O)Nc3cccc(C)c3C)ccc2Oc2cccnc21. The Bertz CT molecular complexity index is 1250. The van der Waals surface area contributed by atoms with Crippen molar-refractivity contribution in [2.75, 3.05) is 16.2 Å². The molecular formula is C22H21N3O4S. The van der Waals surface area contributed by atoms with E-state index in [-0.39, 0.29) is 22.1 Å².